The highest BCUT2D eigenvalue weighted by Crippen LogP contribution is 2.46. The summed E-state index contributed by atoms with van der Waals surface area (Å²) in [7, 11) is 0. The van der Waals surface area contributed by atoms with Gasteiger partial charge in [0.15, 0.2) is 9.79 Å². The predicted octanol–water partition coefficient (Wildman–Crippen LogP) is 6.02. The first-order valence-corrected chi connectivity index (χ1v) is 7.76. The molecule has 1 nitrogen and oxygen atoms in total. The summed E-state index contributed by atoms with van der Waals surface area (Å²) in [5.41, 5.74) is 0. The SMILES string of the molecule is c1ccc2c(c1)sc1oc3sc4ccccc4c3c12. The summed E-state index contributed by atoms with van der Waals surface area (Å²) < 4.78 is 8.66. The standard InChI is InChI=1S/C16H8OS2/c1-3-7-11-9(5-1)13-14-10-6-2-4-8-12(10)19-16(14)17-15(13)18-11/h1-8H. The van der Waals surface area contributed by atoms with Crippen molar-refractivity contribution in [3.63, 3.8) is 0 Å². The third kappa shape index (κ3) is 1.19. The Hall–Kier alpha value is -1.84. The number of fused-ring (bicyclic) bond motifs is 7. The average Bonchev–Trinajstić information content (AvgIpc) is 3.04. The Morgan fingerprint density at radius 1 is 0.632 bits per heavy atom. The zero-order valence-electron chi connectivity index (χ0n) is 9.84. The fourth-order valence-electron chi connectivity index (χ4n) is 2.75. The van der Waals surface area contributed by atoms with Gasteiger partial charge in [-0.3, -0.25) is 0 Å². The second kappa shape index (κ2) is 3.38. The van der Waals surface area contributed by atoms with Gasteiger partial charge in [0.2, 0.25) is 0 Å². The highest BCUT2D eigenvalue weighted by atomic mass is 32.1. The molecule has 0 aliphatic rings. The van der Waals surface area contributed by atoms with Crippen molar-refractivity contribution >= 4 is 63.4 Å². The van der Waals surface area contributed by atoms with Crippen molar-refractivity contribution in [1.29, 1.82) is 0 Å². The van der Waals surface area contributed by atoms with E-state index in [1.54, 1.807) is 22.7 Å². The molecule has 3 aromatic heterocycles. The van der Waals surface area contributed by atoms with Crippen LogP contribution in [0.15, 0.2) is 52.9 Å². The van der Waals surface area contributed by atoms with Gasteiger partial charge < -0.3 is 4.42 Å². The first kappa shape index (κ1) is 10.0. The highest BCUT2D eigenvalue weighted by molar-refractivity contribution is 7.28. The molecule has 0 radical (unpaired) electrons. The molecule has 3 heteroatoms. The Morgan fingerprint density at radius 3 is 1.63 bits per heavy atom. The minimum absolute atomic E-state index is 1.05. The van der Waals surface area contributed by atoms with E-state index in [4.69, 9.17) is 4.42 Å². The molecule has 2 aromatic carbocycles. The Bertz CT molecular complexity index is 977. The van der Waals surface area contributed by atoms with E-state index < -0.39 is 0 Å². The monoisotopic (exact) mass is 280 g/mol. The van der Waals surface area contributed by atoms with Gasteiger partial charge in [-0.25, -0.2) is 0 Å². The fourth-order valence-corrected chi connectivity index (χ4v) is 4.93. The lowest BCUT2D eigenvalue weighted by Crippen LogP contribution is -1.65. The number of hydrogen-bond donors (Lipinski definition) is 0. The second-order valence-electron chi connectivity index (χ2n) is 4.62. The maximum absolute atomic E-state index is 6.06. The number of hydrogen-bond acceptors (Lipinski definition) is 3. The summed E-state index contributed by atoms with van der Waals surface area (Å²) in [6.45, 7) is 0. The van der Waals surface area contributed by atoms with Crippen molar-refractivity contribution in [2.24, 2.45) is 0 Å². The van der Waals surface area contributed by atoms with Crippen LogP contribution in [0.3, 0.4) is 0 Å². The lowest BCUT2D eigenvalue weighted by Gasteiger charge is -1.89. The van der Waals surface area contributed by atoms with Crippen LogP contribution in [-0.4, -0.2) is 0 Å². The second-order valence-corrected chi connectivity index (χ2v) is 6.65. The molecule has 0 unspecified atom stereocenters. The van der Waals surface area contributed by atoms with Gasteiger partial charge in [0.25, 0.3) is 0 Å². The molecular weight excluding hydrogens is 272 g/mol. The Labute approximate surface area is 116 Å². The van der Waals surface area contributed by atoms with E-state index in [2.05, 4.69) is 48.5 Å². The molecule has 5 aromatic rings. The molecule has 90 valence electrons. The van der Waals surface area contributed by atoms with Gasteiger partial charge in [-0.2, -0.15) is 0 Å². The molecule has 0 aliphatic carbocycles. The van der Waals surface area contributed by atoms with Crippen LogP contribution in [0.2, 0.25) is 0 Å². The zero-order valence-corrected chi connectivity index (χ0v) is 11.5. The molecule has 0 atom stereocenters. The molecule has 0 fully saturated rings. The zero-order chi connectivity index (χ0) is 12.4. The van der Waals surface area contributed by atoms with Crippen LogP contribution in [0.4, 0.5) is 0 Å². The summed E-state index contributed by atoms with van der Waals surface area (Å²) >= 11 is 3.48. The van der Waals surface area contributed by atoms with Crippen molar-refractivity contribution in [3.05, 3.63) is 48.5 Å². The average molecular weight is 280 g/mol. The summed E-state index contributed by atoms with van der Waals surface area (Å²) in [4.78, 5) is 2.10. The number of furan rings is 1. The third-order valence-electron chi connectivity index (χ3n) is 3.56. The summed E-state index contributed by atoms with van der Waals surface area (Å²) in [5, 5.41) is 5.19. The molecule has 3 heterocycles. The maximum atomic E-state index is 6.06. The largest absolute Gasteiger partial charge is 0.435 e. The minimum Gasteiger partial charge on any atom is -0.435 e. The van der Waals surface area contributed by atoms with Gasteiger partial charge in [0.1, 0.15) is 0 Å². The lowest BCUT2D eigenvalue weighted by molar-refractivity contribution is 0.687. The third-order valence-corrected chi connectivity index (χ3v) is 5.66. The van der Waals surface area contributed by atoms with Crippen molar-refractivity contribution in [2.45, 2.75) is 0 Å². The molecule has 0 bridgehead atoms. The molecule has 5 rings (SSSR count). The van der Waals surface area contributed by atoms with Crippen LogP contribution in [0.25, 0.3) is 40.7 Å². The molecule has 0 saturated heterocycles. The first-order chi connectivity index (χ1) is 9.42. The molecule has 19 heavy (non-hydrogen) atoms. The van der Waals surface area contributed by atoms with Crippen LogP contribution in [0.1, 0.15) is 0 Å². The van der Waals surface area contributed by atoms with Gasteiger partial charge in [0, 0.05) is 30.9 Å². The highest BCUT2D eigenvalue weighted by Gasteiger charge is 2.17. The van der Waals surface area contributed by atoms with Crippen LogP contribution in [-0.2, 0) is 0 Å². The normalized spacial score (nSPS) is 12.2. The van der Waals surface area contributed by atoms with Crippen LogP contribution in [0.5, 0.6) is 0 Å². The molecule has 0 saturated carbocycles. The van der Waals surface area contributed by atoms with Crippen LogP contribution >= 0.6 is 22.7 Å². The van der Waals surface area contributed by atoms with Crippen LogP contribution in [0, 0.1) is 0 Å². The Morgan fingerprint density at radius 2 is 1.11 bits per heavy atom. The smallest absolute Gasteiger partial charge is 0.191 e. The number of benzene rings is 2. The molecule has 0 aliphatic heterocycles. The Kier molecular flexibility index (Phi) is 1.78. The first-order valence-electron chi connectivity index (χ1n) is 6.13. The number of thiophene rings is 2. The van der Waals surface area contributed by atoms with E-state index in [1.165, 1.54) is 30.9 Å². The van der Waals surface area contributed by atoms with E-state index >= 15 is 0 Å². The van der Waals surface area contributed by atoms with Crippen LogP contribution < -0.4 is 0 Å². The van der Waals surface area contributed by atoms with Crippen molar-refractivity contribution in [2.75, 3.05) is 0 Å². The quantitative estimate of drug-likeness (QED) is 0.338. The molecule has 0 N–H and O–H groups in total. The fraction of sp³-hybridized carbons (Fsp3) is 0. The maximum Gasteiger partial charge on any atom is 0.191 e. The van der Waals surface area contributed by atoms with Crippen molar-refractivity contribution < 1.29 is 4.42 Å². The summed E-state index contributed by atoms with van der Waals surface area (Å²) in [6, 6.07) is 17.1. The van der Waals surface area contributed by atoms with Crippen molar-refractivity contribution in [3.8, 4) is 0 Å². The summed E-state index contributed by atoms with van der Waals surface area (Å²) in [5.74, 6) is 0. The molecule has 0 amide bonds. The van der Waals surface area contributed by atoms with Crippen molar-refractivity contribution in [1.82, 2.24) is 0 Å². The van der Waals surface area contributed by atoms with Gasteiger partial charge in [0.05, 0.1) is 0 Å². The van der Waals surface area contributed by atoms with E-state index in [-0.39, 0.29) is 0 Å². The van der Waals surface area contributed by atoms with Gasteiger partial charge in [-0.05, 0) is 12.1 Å². The summed E-state index contributed by atoms with van der Waals surface area (Å²) in [6.07, 6.45) is 0. The van der Waals surface area contributed by atoms with E-state index in [1.807, 2.05) is 0 Å². The van der Waals surface area contributed by atoms with E-state index in [0.717, 1.165) is 9.79 Å². The van der Waals surface area contributed by atoms with Gasteiger partial charge in [-0.15, -0.1) is 0 Å². The predicted molar refractivity (Wildman–Crippen MR) is 84.5 cm³/mol. The van der Waals surface area contributed by atoms with E-state index in [0.29, 0.717) is 0 Å². The van der Waals surface area contributed by atoms with E-state index in [9.17, 15) is 0 Å². The minimum atomic E-state index is 1.05. The topological polar surface area (TPSA) is 13.1 Å². The molecule has 0 spiro atoms. The number of rotatable bonds is 0. The Balaban J connectivity index is 2.16. The van der Waals surface area contributed by atoms with Gasteiger partial charge >= 0.3 is 0 Å². The lowest BCUT2D eigenvalue weighted by atomic mass is 10.1. The molecular formula is C16H8OS2. The van der Waals surface area contributed by atoms with Gasteiger partial charge in [-0.1, -0.05) is 59.1 Å².